The van der Waals surface area contributed by atoms with E-state index in [2.05, 4.69) is 26.1 Å². The van der Waals surface area contributed by atoms with Crippen LogP contribution in [0.5, 0.6) is 0 Å². The molecule has 2 heteroatoms. The van der Waals surface area contributed by atoms with Crippen molar-refractivity contribution in [2.45, 2.75) is 64.5 Å². The van der Waals surface area contributed by atoms with E-state index in [1.165, 1.54) is 32.2 Å². The van der Waals surface area contributed by atoms with Crippen LogP contribution < -0.4 is 5.32 Å². The Kier molecular flexibility index (Phi) is 5.07. The van der Waals surface area contributed by atoms with E-state index in [4.69, 9.17) is 4.74 Å². The van der Waals surface area contributed by atoms with Crippen LogP contribution in [0.4, 0.5) is 0 Å². The summed E-state index contributed by atoms with van der Waals surface area (Å²) >= 11 is 0. The molecule has 0 aromatic rings. The van der Waals surface area contributed by atoms with E-state index < -0.39 is 0 Å². The lowest BCUT2D eigenvalue weighted by atomic mass is 9.87. The van der Waals surface area contributed by atoms with Gasteiger partial charge in [0.25, 0.3) is 0 Å². The van der Waals surface area contributed by atoms with Gasteiger partial charge in [-0.1, -0.05) is 13.3 Å². The molecule has 1 N–H and O–H groups in total. The first-order valence-electron chi connectivity index (χ1n) is 6.36. The summed E-state index contributed by atoms with van der Waals surface area (Å²) in [4.78, 5) is 0. The van der Waals surface area contributed by atoms with Gasteiger partial charge in [0, 0.05) is 13.2 Å². The number of piperidine rings is 1. The highest BCUT2D eigenvalue weighted by Crippen LogP contribution is 2.24. The molecule has 1 saturated heterocycles. The molecule has 1 rings (SSSR count). The van der Waals surface area contributed by atoms with E-state index in [-0.39, 0.29) is 5.60 Å². The van der Waals surface area contributed by atoms with Gasteiger partial charge < -0.3 is 10.1 Å². The second-order valence-corrected chi connectivity index (χ2v) is 5.45. The standard InChI is InChI=1S/C13H27NO/c1-5-11-7-9-14-12(10-11)6-8-13(2,3)15-4/h11-12,14H,5-10H2,1-4H3. The van der Waals surface area contributed by atoms with E-state index in [0.717, 1.165) is 18.4 Å². The third-order valence-corrected chi connectivity index (χ3v) is 3.83. The molecule has 0 aromatic carbocycles. The summed E-state index contributed by atoms with van der Waals surface area (Å²) in [5.74, 6) is 0.946. The van der Waals surface area contributed by atoms with Crippen LogP contribution in [-0.4, -0.2) is 25.3 Å². The Balaban J connectivity index is 2.26. The molecule has 2 atom stereocenters. The number of rotatable bonds is 5. The lowest BCUT2D eigenvalue weighted by molar-refractivity contribution is 0.0104. The Morgan fingerprint density at radius 1 is 1.40 bits per heavy atom. The second-order valence-electron chi connectivity index (χ2n) is 5.45. The van der Waals surface area contributed by atoms with Gasteiger partial charge in [0.2, 0.25) is 0 Å². The predicted molar refractivity (Wildman–Crippen MR) is 65.1 cm³/mol. The predicted octanol–water partition coefficient (Wildman–Crippen LogP) is 2.97. The molecule has 2 nitrogen and oxygen atoms in total. The van der Waals surface area contributed by atoms with E-state index in [0.29, 0.717) is 0 Å². The highest BCUT2D eigenvalue weighted by atomic mass is 16.5. The van der Waals surface area contributed by atoms with Crippen molar-refractivity contribution in [3.05, 3.63) is 0 Å². The SMILES string of the molecule is CCC1CCNC(CCC(C)(C)OC)C1. The molecule has 0 aromatic heterocycles. The zero-order chi connectivity index (χ0) is 11.3. The third kappa shape index (κ3) is 4.52. The van der Waals surface area contributed by atoms with Crippen molar-refractivity contribution in [1.29, 1.82) is 0 Å². The maximum Gasteiger partial charge on any atom is 0.0623 e. The van der Waals surface area contributed by atoms with Crippen LogP contribution in [0.15, 0.2) is 0 Å². The first-order valence-corrected chi connectivity index (χ1v) is 6.36. The minimum absolute atomic E-state index is 0.0425. The van der Waals surface area contributed by atoms with Crippen LogP contribution in [0.2, 0.25) is 0 Å². The smallest absolute Gasteiger partial charge is 0.0623 e. The van der Waals surface area contributed by atoms with Crippen molar-refractivity contribution >= 4 is 0 Å². The molecule has 0 spiro atoms. The Morgan fingerprint density at radius 3 is 2.73 bits per heavy atom. The molecular weight excluding hydrogens is 186 g/mol. The molecule has 0 saturated carbocycles. The maximum absolute atomic E-state index is 5.45. The Bertz CT molecular complexity index is 179. The van der Waals surface area contributed by atoms with Crippen molar-refractivity contribution in [2.24, 2.45) is 5.92 Å². The summed E-state index contributed by atoms with van der Waals surface area (Å²) in [6, 6.07) is 0.720. The Morgan fingerprint density at radius 2 is 2.13 bits per heavy atom. The van der Waals surface area contributed by atoms with Crippen molar-refractivity contribution in [3.8, 4) is 0 Å². The lowest BCUT2D eigenvalue weighted by Gasteiger charge is -2.32. The summed E-state index contributed by atoms with van der Waals surface area (Å²) in [5, 5.41) is 3.62. The molecule has 0 amide bonds. The fraction of sp³-hybridized carbons (Fsp3) is 1.00. The molecule has 0 bridgehead atoms. The van der Waals surface area contributed by atoms with Crippen LogP contribution in [0.3, 0.4) is 0 Å². The summed E-state index contributed by atoms with van der Waals surface area (Å²) < 4.78 is 5.45. The van der Waals surface area contributed by atoms with Crippen molar-refractivity contribution in [1.82, 2.24) is 5.32 Å². The van der Waals surface area contributed by atoms with Gasteiger partial charge in [-0.05, 0) is 52.0 Å². The van der Waals surface area contributed by atoms with Crippen LogP contribution in [0.25, 0.3) is 0 Å². The molecular formula is C13H27NO. The van der Waals surface area contributed by atoms with E-state index in [1.807, 2.05) is 7.11 Å². The minimum atomic E-state index is 0.0425. The molecule has 90 valence electrons. The first-order chi connectivity index (χ1) is 7.07. The van der Waals surface area contributed by atoms with Crippen molar-refractivity contribution in [3.63, 3.8) is 0 Å². The molecule has 0 radical (unpaired) electrons. The highest BCUT2D eigenvalue weighted by Gasteiger charge is 2.23. The molecule has 1 aliphatic rings. The lowest BCUT2D eigenvalue weighted by Crippen LogP contribution is -2.39. The third-order valence-electron chi connectivity index (χ3n) is 3.83. The van der Waals surface area contributed by atoms with Gasteiger partial charge in [0.1, 0.15) is 0 Å². The number of hydrogen-bond acceptors (Lipinski definition) is 2. The largest absolute Gasteiger partial charge is 0.379 e. The zero-order valence-electron chi connectivity index (χ0n) is 10.8. The van der Waals surface area contributed by atoms with Crippen LogP contribution in [-0.2, 0) is 4.74 Å². The van der Waals surface area contributed by atoms with Crippen LogP contribution in [0, 0.1) is 5.92 Å². The van der Waals surface area contributed by atoms with E-state index in [9.17, 15) is 0 Å². The second kappa shape index (κ2) is 5.86. The van der Waals surface area contributed by atoms with Gasteiger partial charge in [0.05, 0.1) is 5.60 Å². The fourth-order valence-electron chi connectivity index (χ4n) is 2.31. The van der Waals surface area contributed by atoms with Gasteiger partial charge >= 0.3 is 0 Å². The number of hydrogen-bond donors (Lipinski definition) is 1. The molecule has 1 heterocycles. The molecule has 15 heavy (non-hydrogen) atoms. The fourth-order valence-corrected chi connectivity index (χ4v) is 2.31. The van der Waals surface area contributed by atoms with Crippen LogP contribution >= 0.6 is 0 Å². The molecule has 2 unspecified atom stereocenters. The summed E-state index contributed by atoms with van der Waals surface area (Å²) in [5.41, 5.74) is 0.0425. The van der Waals surface area contributed by atoms with Gasteiger partial charge in [-0.25, -0.2) is 0 Å². The van der Waals surface area contributed by atoms with E-state index in [1.54, 1.807) is 0 Å². The minimum Gasteiger partial charge on any atom is -0.379 e. The van der Waals surface area contributed by atoms with Crippen LogP contribution in [0.1, 0.15) is 52.9 Å². The van der Waals surface area contributed by atoms with Gasteiger partial charge in [-0.15, -0.1) is 0 Å². The summed E-state index contributed by atoms with van der Waals surface area (Å²) in [6.07, 6.45) is 6.46. The van der Waals surface area contributed by atoms with Crippen molar-refractivity contribution < 1.29 is 4.74 Å². The summed E-state index contributed by atoms with van der Waals surface area (Å²) in [7, 11) is 1.81. The maximum atomic E-state index is 5.45. The monoisotopic (exact) mass is 213 g/mol. The highest BCUT2D eigenvalue weighted by molar-refractivity contribution is 4.80. The normalized spacial score (nSPS) is 28.0. The zero-order valence-corrected chi connectivity index (χ0v) is 10.8. The van der Waals surface area contributed by atoms with E-state index >= 15 is 0 Å². The Hall–Kier alpha value is -0.0800. The number of methoxy groups -OCH3 is 1. The molecule has 1 fully saturated rings. The van der Waals surface area contributed by atoms with Gasteiger partial charge in [0.15, 0.2) is 0 Å². The Labute approximate surface area is 94.8 Å². The van der Waals surface area contributed by atoms with Gasteiger partial charge in [-0.2, -0.15) is 0 Å². The summed E-state index contributed by atoms with van der Waals surface area (Å²) in [6.45, 7) is 7.86. The molecule has 1 aliphatic heterocycles. The topological polar surface area (TPSA) is 21.3 Å². The number of nitrogens with one attached hydrogen (secondary N) is 1. The first kappa shape index (κ1) is 13.0. The average molecular weight is 213 g/mol. The van der Waals surface area contributed by atoms with Gasteiger partial charge in [-0.3, -0.25) is 0 Å². The van der Waals surface area contributed by atoms with Crippen molar-refractivity contribution in [2.75, 3.05) is 13.7 Å². The number of ether oxygens (including phenoxy) is 1. The average Bonchev–Trinajstić information content (AvgIpc) is 2.27. The quantitative estimate of drug-likeness (QED) is 0.758. The molecule has 0 aliphatic carbocycles.